The first-order valence-electron chi connectivity index (χ1n) is 17.6. The summed E-state index contributed by atoms with van der Waals surface area (Å²) in [5, 5.41) is 20.2. The van der Waals surface area contributed by atoms with Crippen molar-refractivity contribution in [2.24, 2.45) is 17.8 Å². The van der Waals surface area contributed by atoms with Crippen molar-refractivity contribution < 1.29 is 38.6 Å². The Labute approximate surface area is 307 Å². The van der Waals surface area contributed by atoms with Crippen molar-refractivity contribution >= 4 is 52.3 Å². The van der Waals surface area contributed by atoms with Gasteiger partial charge >= 0.3 is 11.9 Å². The monoisotopic (exact) mass is 748 g/mol. The summed E-state index contributed by atoms with van der Waals surface area (Å²) in [5.41, 5.74) is 0.963. The van der Waals surface area contributed by atoms with Crippen LogP contribution in [0.2, 0.25) is 0 Å². The van der Waals surface area contributed by atoms with Crippen molar-refractivity contribution in [1.29, 1.82) is 0 Å². The van der Waals surface area contributed by atoms with Crippen molar-refractivity contribution in [1.82, 2.24) is 30.4 Å². The number of thiazole rings is 2. The number of likely N-dealkylation sites (tertiary alicyclic amines) is 1. The fraction of sp³-hybridized carbons (Fsp3) is 0.686. The molecule has 0 aliphatic carbocycles. The minimum Gasteiger partial charge on any atom is -0.481 e. The minimum absolute atomic E-state index is 0.0651. The van der Waals surface area contributed by atoms with Crippen molar-refractivity contribution in [3.63, 3.8) is 0 Å². The molecule has 6 atom stereocenters. The molecule has 0 saturated carbocycles. The standard InChI is InChI=1S/C35H52N6O8S2/c1-19(2)27(41(7)34(45)30(23-15-48-16-23)39-32(44)26-10-8-9-11-40(26)6)14-28(49-22(5)42)33-38-25(18-51-33)31(43)37-24(12-20(3)35(46)47)13-29-36-21(4)17-50-29/h17-20,23-24,26-28,30H,8-16H2,1-7H3,(H,37,43)(H,39,44)(H,46,47)/t20-,24+,26+,27+,28+,30-/m0/s1. The van der Waals surface area contributed by atoms with Crippen LogP contribution >= 0.6 is 22.7 Å². The lowest BCUT2D eigenvalue weighted by Gasteiger charge is -2.40. The highest BCUT2D eigenvalue weighted by atomic mass is 32.1. The van der Waals surface area contributed by atoms with E-state index in [9.17, 15) is 29.1 Å². The van der Waals surface area contributed by atoms with Crippen molar-refractivity contribution in [2.75, 3.05) is 33.9 Å². The zero-order chi connectivity index (χ0) is 37.4. The van der Waals surface area contributed by atoms with Gasteiger partial charge in [0.2, 0.25) is 11.8 Å². The number of aliphatic carboxylic acids is 1. The number of carbonyl (C=O) groups is 5. The van der Waals surface area contributed by atoms with Gasteiger partial charge in [0, 0.05) is 61.3 Å². The molecule has 14 nitrogen and oxygen atoms in total. The molecule has 2 aliphatic rings. The molecule has 2 fully saturated rings. The number of ether oxygens (including phenoxy) is 2. The van der Waals surface area contributed by atoms with Crippen molar-refractivity contribution in [3.05, 3.63) is 32.2 Å². The highest BCUT2D eigenvalue weighted by Crippen LogP contribution is 2.31. The smallest absolute Gasteiger partial charge is 0.306 e. The topological polar surface area (TPSA) is 180 Å². The number of carboxylic acids is 1. The maximum absolute atomic E-state index is 14.1. The molecule has 2 aromatic rings. The van der Waals surface area contributed by atoms with Gasteiger partial charge in [0.1, 0.15) is 16.7 Å². The summed E-state index contributed by atoms with van der Waals surface area (Å²) in [7, 11) is 3.63. The van der Waals surface area contributed by atoms with E-state index in [0.717, 1.165) is 36.5 Å². The third kappa shape index (κ3) is 11.0. The predicted molar refractivity (Wildman–Crippen MR) is 192 cm³/mol. The molecule has 3 N–H and O–H groups in total. The van der Waals surface area contributed by atoms with Gasteiger partial charge in [0.05, 0.1) is 30.2 Å². The summed E-state index contributed by atoms with van der Waals surface area (Å²) < 4.78 is 11.2. The Bertz CT molecular complexity index is 1530. The molecule has 3 amide bonds. The summed E-state index contributed by atoms with van der Waals surface area (Å²) in [6.45, 7) is 10.3. The summed E-state index contributed by atoms with van der Waals surface area (Å²) in [5.74, 6) is -3.29. The van der Waals surface area contributed by atoms with Crippen LogP contribution in [0.1, 0.15) is 92.1 Å². The Hall–Kier alpha value is -3.47. The van der Waals surface area contributed by atoms with E-state index in [0.29, 0.717) is 24.6 Å². The Morgan fingerprint density at radius 1 is 1.08 bits per heavy atom. The number of carbonyl (C=O) groups excluding carboxylic acids is 4. The average molecular weight is 749 g/mol. The van der Waals surface area contributed by atoms with Crippen LogP contribution in [0.4, 0.5) is 0 Å². The van der Waals surface area contributed by atoms with E-state index < -0.39 is 48.0 Å². The van der Waals surface area contributed by atoms with Gasteiger partial charge in [-0.05, 0) is 45.7 Å². The van der Waals surface area contributed by atoms with E-state index in [1.54, 1.807) is 24.3 Å². The van der Waals surface area contributed by atoms with Crippen molar-refractivity contribution in [3.8, 4) is 0 Å². The zero-order valence-corrected chi connectivity index (χ0v) is 32.2. The molecule has 4 heterocycles. The summed E-state index contributed by atoms with van der Waals surface area (Å²) in [4.78, 5) is 77.6. The largest absolute Gasteiger partial charge is 0.481 e. The number of hydrogen-bond donors (Lipinski definition) is 3. The summed E-state index contributed by atoms with van der Waals surface area (Å²) in [6, 6.07) is -1.97. The summed E-state index contributed by atoms with van der Waals surface area (Å²) in [6.07, 6.45) is 2.66. The van der Waals surface area contributed by atoms with E-state index in [4.69, 9.17) is 9.47 Å². The maximum atomic E-state index is 14.1. The highest BCUT2D eigenvalue weighted by molar-refractivity contribution is 7.10. The lowest BCUT2D eigenvalue weighted by Crippen LogP contribution is -2.61. The highest BCUT2D eigenvalue weighted by Gasteiger charge is 2.41. The fourth-order valence-corrected chi connectivity index (χ4v) is 8.28. The molecule has 282 valence electrons. The molecule has 2 saturated heterocycles. The Morgan fingerprint density at radius 3 is 2.37 bits per heavy atom. The van der Waals surface area contributed by atoms with Gasteiger partial charge in [-0.25, -0.2) is 9.97 Å². The molecule has 0 radical (unpaired) electrons. The van der Waals surface area contributed by atoms with Gasteiger partial charge in [0.25, 0.3) is 5.91 Å². The van der Waals surface area contributed by atoms with E-state index in [1.807, 2.05) is 38.1 Å². The number of aryl methyl sites for hydroxylation is 1. The number of nitrogens with zero attached hydrogens (tertiary/aromatic N) is 4. The van der Waals surface area contributed by atoms with Crippen LogP contribution in [-0.2, 0) is 35.1 Å². The van der Waals surface area contributed by atoms with Gasteiger partial charge in [0.15, 0.2) is 6.10 Å². The number of hydrogen-bond acceptors (Lipinski definition) is 12. The third-order valence-electron chi connectivity index (χ3n) is 9.66. The van der Waals surface area contributed by atoms with E-state index in [-0.39, 0.29) is 48.2 Å². The number of piperidine rings is 1. The molecular formula is C35H52N6O8S2. The van der Waals surface area contributed by atoms with Gasteiger partial charge in [-0.3, -0.25) is 28.9 Å². The van der Waals surface area contributed by atoms with E-state index >= 15 is 0 Å². The molecule has 16 heteroatoms. The lowest BCUT2D eigenvalue weighted by atomic mass is 9.92. The van der Waals surface area contributed by atoms with Gasteiger partial charge < -0.3 is 30.1 Å². The molecule has 0 bridgehead atoms. The van der Waals surface area contributed by atoms with E-state index in [2.05, 4.69) is 20.6 Å². The molecule has 51 heavy (non-hydrogen) atoms. The predicted octanol–water partition coefficient (Wildman–Crippen LogP) is 3.45. The fourth-order valence-electron chi connectivity index (χ4n) is 6.59. The van der Waals surface area contributed by atoms with Gasteiger partial charge in [-0.2, -0.15) is 0 Å². The Balaban J connectivity index is 1.50. The Morgan fingerprint density at radius 2 is 1.80 bits per heavy atom. The van der Waals surface area contributed by atoms with Crippen LogP contribution in [-0.4, -0.2) is 113 Å². The maximum Gasteiger partial charge on any atom is 0.306 e. The van der Waals surface area contributed by atoms with Crippen LogP contribution in [0.15, 0.2) is 10.8 Å². The normalized spacial score (nSPS) is 19.6. The number of nitrogens with one attached hydrogen (secondary N) is 2. The molecule has 0 spiro atoms. The quantitative estimate of drug-likeness (QED) is 0.202. The molecule has 2 aromatic heterocycles. The molecule has 0 aromatic carbocycles. The van der Waals surface area contributed by atoms with Crippen molar-refractivity contribution in [2.45, 2.75) is 103 Å². The molecular weight excluding hydrogens is 697 g/mol. The number of rotatable bonds is 17. The number of esters is 1. The first-order valence-corrected chi connectivity index (χ1v) is 19.3. The van der Waals surface area contributed by atoms with Gasteiger partial charge in [-0.15, -0.1) is 22.7 Å². The molecule has 2 aliphatic heterocycles. The Kier molecular flexibility index (Phi) is 14.5. The molecule has 0 unspecified atom stereocenters. The van der Waals surface area contributed by atoms with Crippen LogP contribution in [0.3, 0.4) is 0 Å². The first-order chi connectivity index (χ1) is 24.1. The lowest BCUT2D eigenvalue weighted by molar-refractivity contribution is -0.151. The van der Waals surface area contributed by atoms with Crippen LogP contribution in [0, 0.1) is 24.7 Å². The second kappa shape index (κ2) is 18.3. The second-order valence-electron chi connectivity index (χ2n) is 14.2. The number of carboxylic acid groups (broad SMARTS) is 1. The molecule has 4 rings (SSSR count). The SMILES string of the molecule is CC(=O)O[C@H](C[C@H](C(C)C)N(C)C(=O)[C@@H](NC(=O)[C@H]1CCCCN1C)C1COC1)c1nc(C(=O)N[C@@H](Cc2nc(C)cs2)C[C@H](C)C(=O)O)cs1. The van der Waals surface area contributed by atoms with E-state index in [1.165, 1.54) is 29.6 Å². The third-order valence-corrected chi connectivity index (χ3v) is 11.6. The first kappa shape index (κ1) is 40.3. The second-order valence-corrected chi connectivity index (χ2v) is 16.0. The summed E-state index contributed by atoms with van der Waals surface area (Å²) >= 11 is 2.62. The van der Waals surface area contributed by atoms with Crippen LogP contribution < -0.4 is 10.6 Å². The average Bonchev–Trinajstić information content (AvgIpc) is 3.70. The van der Waals surface area contributed by atoms with Crippen LogP contribution in [0.25, 0.3) is 0 Å². The van der Waals surface area contributed by atoms with Gasteiger partial charge in [-0.1, -0.05) is 27.2 Å². The number of likely N-dealkylation sites (N-methyl/N-ethyl adjacent to an activating group) is 2. The number of amides is 3. The van der Waals surface area contributed by atoms with Crippen LogP contribution in [0.5, 0.6) is 0 Å². The zero-order valence-electron chi connectivity index (χ0n) is 30.5. The minimum atomic E-state index is -0.959. The number of aromatic nitrogens is 2.